The Bertz CT molecular complexity index is 697. The quantitative estimate of drug-likeness (QED) is 0.592. The highest BCUT2D eigenvalue weighted by Gasteiger charge is 2.21. The Morgan fingerprint density at radius 2 is 1.74 bits per heavy atom. The Kier molecular flexibility index (Phi) is 6.68. The van der Waals surface area contributed by atoms with Crippen molar-refractivity contribution in [2.45, 2.75) is 32.7 Å². The van der Waals surface area contributed by atoms with E-state index in [1.54, 1.807) is 0 Å². The lowest BCUT2D eigenvalue weighted by molar-refractivity contribution is -0.131. The fourth-order valence-electron chi connectivity index (χ4n) is 3.53. The highest BCUT2D eigenvalue weighted by Crippen LogP contribution is 2.18. The van der Waals surface area contributed by atoms with E-state index in [0.717, 1.165) is 38.9 Å². The van der Waals surface area contributed by atoms with Gasteiger partial charge >= 0.3 is 0 Å². The molecule has 0 atom stereocenters. The molecule has 0 aliphatic carbocycles. The van der Waals surface area contributed by atoms with E-state index in [9.17, 15) is 9.59 Å². The average Bonchev–Trinajstić information content (AvgIpc) is 3.24. The van der Waals surface area contributed by atoms with Crippen molar-refractivity contribution in [3.05, 3.63) is 35.4 Å². The van der Waals surface area contributed by atoms with Crippen LogP contribution in [0, 0.1) is 0 Å². The lowest BCUT2D eigenvalue weighted by Crippen LogP contribution is -2.46. The van der Waals surface area contributed by atoms with Crippen molar-refractivity contribution >= 4 is 17.8 Å². The number of benzene rings is 1. The Morgan fingerprint density at radius 3 is 2.48 bits per heavy atom. The molecule has 1 aromatic rings. The van der Waals surface area contributed by atoms with Crippen LogP contribution in [0.5, 0.6) is 0 Å². The van der Waals surface area contributed by atoms with Crippen LogP contribution in [0.1, 0.15) is 30.9 Å². The third-order valence-electron chi connectivity index (χ3n) is 5.07. The van der Waals surface area contributed by atoms with Crippen molar-refractivity contribution in [2.75, 3.05) is 39.3 Å². The molecule has 2 heterocycles. The lowest BCUT2D eigenvalue weighted by atomic mass is 10.00. The molecule has 0 radical (unpaired) electrons. The third kappa shape index (κ3) is 5.21. The van der Waals surface area contributed by atoms with Gasteiger partial charge in [-0.15, -0.1) is 0 Å². The Balaban J connectivity index is 1.50. The summed E-state index contributed by atoms with van der Waals surface area (Å²) in [6, 6.07) is 8.26. The first kappa shape index (κ1) is 19.2. The van der Waals surface area contributed by atoms with Gasteiger partial charge in [0.1, 0.15) is 6.54 Å². The van der Waals surface area contributed by atoms with Gasteiger partial charge in [-0.3, -0.25) is 9.59 Å². The number of amides is 2. The minimum atomic E-state index is 0.0426. The summed E-state index contributed by atoms with van der Waals surface area (Å²) in [5.41, 5.74) is 2.54. The number of aliphatic imine (C=N–C) groups is 1. The van der Waals surface area contributed by atoms with Crippen LogP contribution in [-0.4, -0.2) is 66.8 Å². The zero-order valence-corrected chi connectivity index (χ0v) is 16.0. The molecule has 7 heteroatoms. The number of nitrogens with one attached hydrogen (secondary N) is 2. The smallest absolute Gasteiger partial charge is 0.244 e. The summed E-state index contributed by atoms with van der Waals surface area (Å²) < 4.78 is 0. The molecule has 7 nitrogen and oxygen atoms in total. The molecule has 146 valence electrons. The van der Waals surface area contributed by atoms with Crippen LogP contribution in [-0.2, 0) is 22.6 Å². The predicted molar refractivity (Wildman–Crippen MR) is 105 cm³/mol. The molecular weight excluding hydrogens is 342 g/mol. The van der Waals surface area contributed by atoms with Gasteiger partial charge in [0.25, 0.3) is 0 Å². The Morgan fingerprint density at radius 1 is 1.00 bits per heavy atom. The largest absolute Gasteiger partial charge is 0.357 e. The Labute approximate surface area is 160 Å². The number of hydrogen-bond donors (Lipinski definition) is 2. The maximum absolute atomic E-state index is 12.6. The number of rotatable bonds is 5. The van der Waals surface area contributed by atoms with Crippen molar-refractivity contribution in [2.24, 2.45) is 4.99 Å². The van der Waals surface area contributed by atoms with Crippen molar-refractivity contribution in [3.63, 3.8) is 0 Å². The van der Waals surface area contributed by atoms with E-state index >= 15 is 0 Å². The number of carbonyl (C=O) groups is 2. The maximum atomic E-state index is 12.6. The predicted octanol–water partition coefficient (Wildman–Crippen LogP) is 0.749. The van der Waals surface area contributed by atoms with E-state index in [1.165, 1.54) is 11.1 Å². The number of hydrogen-bond acceptors (Lipinski definition) is 3. The van der Waals surface area contributed by atoms with E-state index in [4.69, 9.17) is 0 Å². The molecule has 0 bridgehead atoms. The van der Waals surface area contributed by atoms with E-state index in [2.05, 4.69) is 27.8 Å². The number of carbonyl (C=O) groups excluding carboxylic acids is 2. The molecule has 0 spiro atoms. The lowest BCUT2D eigenvalue weighted by Gasteiger charge is -2.29. The van der Waals surface area contributed by atoms with Crippen molar-refractivity contribution in [1.82, 2.24) is 20.4 Å². The summed E-state index contributed by atoms with van der Waals surface area (Å²) in [6.45, 7) is 5.96. The minimum absolute atomic E-state index is 0.0426. The van der Waals surface area contributed by atoms with E-state index < -0.39 is 0 Å². The molecule has 2 N–H and O–H groups in total. The summed E-state index contributed by atoms with van der Waals surface area (Å²) in [5.74, 6) is 0.598. The highest BCUT2D eigenvalue weighted by atomic mass is 16.2. The van der Waals surface area contributed by atoms with Crippen LogP contribution >= 0.6 is 0 Å². The number of fused-ring (bicyclic) bond motifs is 1. The second-order valence-corrected chi connectivity index (χ2v) is 6.97. The van der Waals surface area contributed by atoms with Crippen LogP contribution in [0.3, 0.4) is 0 Å². The van der Waals surface area contributed by atoms with Crippen molar-refractivity contribution in [3.8, 4) is 0 Å². The van der Waals surface area contributed by atoms with Crippen LogP contribution in [0.4, 0.5) is 0 Å². The normalized spacial score (nSPS) is 16.9. The van der Waals surface area contributed by atoms with Gasteiger partial charge in [0.05, 0.1) is 6.54 Å². The fraction of sp³-hybridized carbons (Fsp3) is 0.550. The molecular formula is C20H29N5O2. The third-order valence-corrected chi connectivity index (χ3v) is 5.07. The summed E-state index contributed by atoms with van der Waals surface area (Å²) in [5, 5.41) is 6.16. The van der Waals surface area contributed by atoms with Gasteiger partial charge in [0.2, 0.25) is 11.8 Å². The summed E-state index contributed by atoms with van der Waals surface area (Å²) >= 11 is 0. The fourth-order valence-corrected chi connectivity index (χ4v) is 3.53. The van der Waals surface area contributed by atoms with Crippen LogP contribution in [0.15, 0.2) is 29.3 Å². The molecule has 1 saturated heterocycles. The van der Waals surface area contributed by atoms with Gasteiger partial charge in [0, 0.05) is 32.7 Å². The van der Waals surface area contributed by atoms with Gasteiger partial charge in [-0.1, -0.05) is 24.3 Å². The molecule has 2 amide bonds. The van der Waals surface area contributed by atoms with Crippen LogP contribution in [0.25, 0.3) is 0 Å². The van der Waals surface area contributed by atoms with E-state index in [-0.39, 0.29) is 24.9 Å². The first-order valence-corrected chi connectivity index (χ1v) is 9.82. The molecule has 27 heavy (non-hydrogen) atoms. The van der Waals surface area contributed by atoms with Gasteiger partial charge in [-0.2, -0.15) is 0 Å². The first-order valence-electron chi connectivity index (χ1n) is 9.82. The average molecular weight is 371 g/mol. The first-order chi connectivity index (χ1) is 13.2. The molecule has 0 aromatic heterocycles. The van der Waals surface area contributed by atoms with E-state index in [1.807, 2.05) is 28.9 Å². The van der Waals surface area contributed by atoms with Crippen molar-refractivity contribution < 1.29 is 9.59 Å². The van der Waals surface area contributed by atoms with Crippen LogP contribution in [0.2, 0.25) is 0 Å². The van der Waals surface area contributed by atoms with Gasteiger partial charge in [-0.25, -0.2) is 4.99 Å². The molecule has 1 aromatic carbocycles. The van der Waals surface area contributed by atoms with Crippen molar-refractivity contribution in [1.29, 1.82) is 0 Å². The van der Waals surface area contributed by atoms with E-state index in [0.29, 0.717) is 19.0 Å². The number of likely N-dealkylation sites (tertiary alicyclic amines) is 1. The summed E-state index contributed by atoms with van der Waals surface area (Å²) in [7, 11) is 0. The second-order valence-electron chi connectivity index (χ2n) is 6.97. The Hall–Kier alpha value is -2.57. The molecule has 2 aliphatic heterocycles. The summed E-state index contributed by atoms with van der Waals surface area (Å²) in [4.78, 5) is 32.8. The van der Waals surface area contributed by atoms with Gasteiger partial charge in [-0.05, 0) is 37.3 Å². The maximum Gasteiger partial charge on any atom is 0.244 e. The van der Waals surface area contributed by atoms with Crippen LogP contribution < -0.4 is 10.6 Å². The SMILES string of the molecule is CCNC(=NCC(=O)N1CCCC1)NCC(=O)N1CCc2ccccc2C1. The number of nitrogens with zero attached hydrogens (tertiary/aromatic N) is 3. The second kappa shape index (κ2) is 9.39. The molecule has 3 rings (SSSR count). The molecule has 0 saturated carbocycles. The topological polar surface area (TPSA) is 77.0 Å². The monoisotopic (exact) mass is 371 g/mol. The standard InChI is InChI=1S/C20H29N5O2/c1-2-21-20(22-13-18(26)24-10-5-6-11-24)23-14-19(27)25-12-9-16-7-3-4-8-17(16)15-25/h3-4,7-8H,2,5-6,9-15H2,1H3,(H2,21,22,23). The molecule has 2 aliphatic rings. The zero-order valence-electron chi connectivity index (χ0n) is 16.0. The summed E-state index contributed by atoms with van der Waals surface area (Å²) in [6.07, 6.45) is 3.03. The zero-order chi connectivity index (χ0) is 19.1. The number of guanidine groups is 1. The highest BCUT2D eigenvalue weighted by molar-refractivity contribution is 5.88. The molecule has 0 unspecified atom stereocenters. The van der Waals surface area contributed by atoms with Gasteiger partial charge < -0.3 is 20.4 Å². The molecule has 1 fully saturated rings. The minimum Gasteiger partial charge on any atom is -0.357 e. The van der Waals surface area contributed by atoms with Gasteiger partial charge in [0.15, 0.2) is 5.96 Å².